The molecule has 0 amide bonds. The maximum Gasteiger partial charge on any atom is 0.115 e. The van der Waals surface area contributed by atoms with E-state index >= 15 is 0 Å². The van der Waals surface area contributed by atoms with Gasteiger partial charge in [-0.25, -0.2) is 9.97 Å². The molecule has 64 valence electrons. The predicted octanol–water partition coefficient (Wildman–Crippen LogP) is 2.80. The number of benzene rings is 1. The van der Waals surface area contributed by atoms with E-state index in [1.165, 1.54) is 6.33 Å². The van der Waals surface area contributed by atoms with Crippen LogP contribution < -0.4 is 0 Å². The zero-order valence-electron chi connectivity index (χ0n) is 6.81. The number of nitrogens with zero attached hydrogens (tertiary/aromatic N) is 2. The van der Waals surface area contributed by atoms with Gasteiger partial charge < -0.3 is 0 Å². The molecule has 0 aliphatic carbocycles. The minimum atomic E-state index is 0.723. The number of aromatic nitrogens is 2. The lowest BCUT2D eigenvalue weighted by atomic mass is 10.1. The Balaban J connectivity index is 2.48. The largest absolute Gasteiger partial charge is 0.244 e. The van der Waals surface area contributed by atoms with E-state index in [2.05, 4.69) is 9.97 Å². The van der Waals surface area contributed by atoms with Gasteiger partial charge in [-0.2, -0.15) is 0 Å². The van der Waals surface area contributed by atoms with Crippen molar-refractivity contribution in [3.05, 3.63) is 48.0 Å². The Morgan fingerprint density at radius 1 is 1.00 bits per heavy atom. The average molecular weight is 191 g/mol. The fourth-order valence-corrected chi connectivity index (χ4v) is 1.31. The summed E-state index contributed by atoms with van der Waals surface area (Å²) in [6.45, 7) is 0. The molecule has 0 fully saturated rings. The third-order valence-corrected chi connectivity index (χ3v) is 1.95. The first kappa shape index (κ1) is 8.20. The maximum absolute atomic E-state index is 5.85. The van der Waals surface area contributed by atoms with Gasteiger partial charge in [0.25, 0.3) is 0 Å². The third-order valence-electron chi connectivity index (χ3n) is 1.72. The predicted molar refractivity (Wildman–Crippen MR) is 52.5 cm³/mol. The van der Waals surface area contributed by atoms with Crippen molar-refractivity contribution in [1.82, 2.24) is 9.97 Å². The van der Waals surface area contributed by atoms with Gasteiger partial charge in [-0.15, -0.1) is 0 Å². The summed E-state index contributed by atoms with van der Waals surface area (Å²) in [4.78, 5) is 7.87. The van der Waals surface area contributed by atoms with Gasteiger partial charge in [-0.3, -0.25) is 0 Å². The number of hydrogen-bond donors (Lipinski definition) is 0. The van der Waals surface area contributed by atoms with Crippen molar-refractivity contribution in [3.8, 4) is 11.1 Å². The summed E-state index contributed by atoms with van der Waals surface area (Å²) in [5.41, 5.74) is 2.01. The standard InChI is InChI=1S/C10H7ClN2/c11-10-3-1-2-8(4-10)9-5-12-7-13-6-9/h1-7H. The van der Waals surface area contributed by atoms with Crippen LogP contribution >= 0.6 is 11.6 Å². The average Bonchev–Trinajstić information content (AvgIpc) is 2.19. The molecule has 3 heteroatoms. The van der Waals surface area contributed by atoms with Crippen LogP contribution in [0, 0.1) is 0 Å². The summed E-state index contributed by atoms with van der Waals surface area (Å²) in [5, 5.41) is 0.723. The zero-order chi connectivity index (χ0) is 9.10. The number of hydrogen-bond acceptors (Lipinski definition) is 2. The van der Waals surface area contributed by atoms with Crippen molar-refractivity contribution in [3.63, 3.8) is 0 Å². The topological polar surface area (TPSA) is 25.8 Å². The minimum absolute atomic E-state index is 0.723. The molecule has 13 heavy (non-hydrogen) atoms. The number of rotatable bonds is 1. The second-order valence-electron chi connectivity index (χ2n) is 2.64. The van der Waals surface area contributed by atoms with Gasteiger partial charge in [-0.05, 0) is 17.7 Å². The molecular weight excluding hydrogens is 184 g/mol. The molecule has 0 bridgehead atoms. The van der Waals surface area contributed by atoms with Crippen molar-refractivity contribution < 1.29 is 0 Å². The lowest BCUT2D eigenvalue weighted by molar-refractivity contribution is 1.17. The van der Waals surface area contributed by atoms with Crippen molar-refractivity contribution in [2.45, 2.75) is 0 Å². The van der Waals surface area contributed by atoms with Crippen LogP contribution in [0.15, 0.2) is 43.0 Å². The van der Waals surface area contributed by atoms with Crippen LogP contribution in [0.5, 0.6) is 0 Å². The molecule has 0 radical (unpaired) electrons. The fraction of sp³-hybridized carbons (Fsp3) is 0. The summed E-state index contributed by atoms with van der Waals surface area (Å²) in [6, 6.07) is 7.62. The molecule has 0 N–H and O–H groups in total. The highest BCUT2D eigenvalue weighted by Gasteiger charge is 1.97. The van der Waals surface area contributed by atoms with Gasteiger partial charge >= 0.3 is 0 Å². The highest BCUT2D eigenvalue weighted by Crippen LogP contribution is 2.20. The van der Waals surface area contributed by atoms with Gasteiger partial charge in [0.05, 0.1) is 0 Å². The van der Waals surface area contributed by atoms with E-state index in [0.29, 0.717) is 0 Å². The Bertz CT molecular complexity index is 401. The van der Waals surface area contributed by atoms with Gasteiger partial charge in [0, 0.05) is 23.0 Å². The van der Waals surface area contributed by atoms with E-state index < -0.39 is 0 Å². The maximum atomic E-state index is 5.85. The molecule has 0 saturated heterocycles. The molecule has 2 rings (SSSR count). The van der Waals surface area contributed by atoms with Gasteiger partial charge in [-0.1, -0.05) is 23.7 Å². The molecule has 0 unspecified atom stereocenters. The molecule has 0 atom stereocenters. The summed E-state index contributed by atoms with van der Waals surface area (Å²) < 4.78 is 0. The molecule has 1 heterocycles. The SMILES string of the molecule is Clc1cccc(-c2cncnc2)c1. The minimum Gasteiger partial charge on any atom is -0.244 e. The Labute approximate surface area is 81.2 Å². The normalized spacial score (nSPS) is 9.92. The zero-order valence-corrected chi connectivity index (χ0v) is 7.57. The lowest BCUT2D eigenvalue weighted by Gasteiger charge is -1.99. The van der Waals surface area contributed by atoms with Crippen LogP contribution in [0.3, 0.4) is 0 Å². The first-order chi connectivity index (χ1) is 6.36. The Kier molecular flexibility index (Phi) is 2.23. The molecular formula is C10H7ClN2. The van der Waals surface area contributed by atoms with Crippen LogP contribution in [-0.2, 0) is 0 Å². The quantitative estimate of drug-likeness (QED) is 0.691. The first-order valence-corrected chi connectivity index (χ1v) is 4.25. The third kappa shape index (κ3) is 1.84. The Morgan fingerprint density at radius 3 is 2.46 bits per heavy atom. The molecule has 0 spiro atoms. The van der Waals surface area contributed by atoms with E-state index in [1.807, 2.05) is 24.3 Å². The Morgan fingerprint density at radius 2 is 1.77 bits per heavy atom. The molecule has 0 aliphatic rings. The van der Waals surface area contributed by atoms with E-state index in [1.54, 1.807) is 12.4 Å². The van der Waals surface area contributed by atoms with Crippen molar-refractivity contribution >= 4 is 11.6 Å². The lowest BCUT2D eigenvalue weighted by Crippen LogP contribution is -1.81. The van der Waals surface area contributed by atoms with E-state index in [-0.39, 0.29) is 0 Å². The van der Waals surface area contributed by atoms with Crippen LogP contribution in [0.25, 0.3) is 11.1 Å². The molecule has 0 saturated carbocycles. The van der Waals surface area contributed by atoms with E-state index in [0.717, 1.165) is 16.1 Å². The second kappa shape index (κ2) is 3.54. The van der Waals surface area contributed by atoms with E-state index in [9.17, 15) is 0 Å². The van der Waals surface area contributed by atoms with Crippen molar-refractivity contribution in [1.29, 1.82) is 0 Å². The van der Waals surface area contributed by atoms with Crippen LogP contribution in [0.4, 0.5) is 0 Å². The monoisotopic (exact) mass is 190 g/mol. The molecule has 1 aromatic heterocycles. The van der Waals surface area contributed by atoms with Crippen molar-refractivity contribution in [2.24, 2.45) is 0 Å². The summed E-state index contributed by atoms with van der Waals surface area (Å²) in [6.07, 6.45) is 5.03. The van der Waals surface area contributed by atoms with Gasteiger partial charge in [0.2, 0.25) is 0 Å². The molecule has 2 nitrogen and oxygen atoms in total. The second-order valence-corrected chi connectivity index (χ2v) is 3.07. The molecule has 1 aromatic carbocycles. The van der Waals surface area contributed by atoms with Gasteiger partial charge in [0.1, 0.15) is 6.33 Å². The highest BCUT2D eigenvalue weighted by atomic mass is 35.5. The van der Waals surface area contributed by atoms with Crippen LogP contribution in [0.2, 0.25) is 5.02 Å². The first-order valence-electron chi connectivity index (χ1n) is 3.87. The van der Waals surface area contributed by atoms with E-state index in [4.69, 9.17) is 11.6 Å². The summed E-state index contributed by atoms with van der Waals surface area (Å²) in [5.74, 6) is 0. The van der Waals surface area contributed by atoms with Gasteiger partial charge in [0.15, 0.2) is 0 Å². The number of halogens is 1. The fourth-order valence-electron chi connectivity index (χ4n) is 1.12. The Hall–Kier alpha value is -1.41. The van der Waals surface area contributed by atoms with Crippen LogP contribution in [-0.4, -0.2) is 9.97 Å². The molecule has 0 aliphatic heterocycles. The highest BCUT2D eigenvalue weighted by molar-refractivity contribution is 6.30. The summed E-state index contributed by atoms with van der Waals surface area (Å²) in [7, 11) is 0. The van der Waals surface area contributed by atoms with Crippen molar-refractivity contribution in [2.75, 3.05) is 0 Å². The van der Waals surface area contributed by atoms with Crippen LogP contribution in [0.1, 0.15) is 0 Å². The summed E-state index contributed by atoms with van der Waals surface area (Å²) >= 11 is 5.85. The smallest absolute Gasteiger partial charge is 0.115 e. The molecule has 2 aromatic rings.